The van der Waals surface area contributed by atoms with Gasteiger partial charge in [-0.15, -0.1) is 0 Å². The standard InChI is InChI=1S/C20H17BrN2O3S2/c1-12(2)26-16-5-3-4-13(10-16)11-17-19(25)23(20(27)28-17)22-18(24)14-6-8-15(21)9-7-14/h3-12H,1-2H3,(H,22,24)/b17-11+. The smallest absolute Gasteiger partial charge is 0.285 e. The zero-order chi connectivity index (χ0) is 20.3. The van der Waals surface area contributed by atoms with Crippen molar-refractivity contribution in [3.05, 3.63) is 69.0 Å². The first-order chi connectivity index (χ1) is 13.3. The fourth-order valence-corrected chi connectivity index (χ4v) is 3.88. The van der Waals surface area contributed by atoms with Crippen LogP contribution in [0.5, 0.6) is 5.75 Å². The van der Waals surface area contributed by atoms with Gasteiger partial charge in [-0.1, -0.05) is 39.8 Å². The summed E-state index contributed by atoms with van der Waals surface area (Å²) in [5.41, 5.74) is 3.82. The third-order valence-corrected chi connectivity index (χ3v) is 5.47. The number of rotatable bonds is 5. The number of halogens is 1. The van der Waals surface area contributed by atoms with Crippen LogP contribution in [0.1, 0.15) is 29.8 Å². The summed E-state index contributed by atoms with van der Waals surface area (Å²) >= 11 is 9.73. The van der Waals surface area contributed by atoms with Gasteiger partial charge in [0.05, 0.1) is 11.0 Å². The highest BCUT2D eigenvalue weighted by atomic mass is 79.9. The van der Waals surface area contributed by atoms with Gasteiger partial charge in [-0.3, -0.25) is 15.0 Å². The van der Waals surface area contributed by atoms with Crippen molar-refractivity contribution >= 4 is 62.1 Å². The largest absolute Gasteiger partial charge is 0.491 e. The number of nitrogens with one attached hydrogen (secondary N) is 1. The van der Waals surface area contributed by atoms with E-state index >= 15 is 0 Å². The molecule has 2 aromatic carbocycles. The number of hydrogen-bond donors (Lipinski definition) is 1. The van der Waals surface area contributed by atoms with Crippen molar-refractivity contribution < 1.29 is 14.3 Å². The van der Waals surface area contributed by atoms with E-state index in [0.29, 0.717) is 10.5 Å². The van der Waals surface area contributed by atoms with E-state index in [1.54, 1.807) is 30.3 Å². The molecule has 2 aromatic rings. The Morgan fingerprint density at radius 3 is 2.64 bits per heavy atom. The molecule has 0 unspecified atom stereocenters. The van der Waals surface area contributed by atoms with Crippen LogP contribution >= 0.6 is 39.9 Å². The molecular formula is C20H17BrN2O3S2. The number of benzene rings is 2. The quantitative estimate of drug-likeness (QED) is 0.496. The van der Waals surface area contributed by atoms with Crippen LogP contribution in [0, 0.1) is 0 Å². The van der Waals surface area contributed by atoms with E-state index in [4.69, 9.17) is 17.0 Å². The lowest BCUT2D eigenvalue weighted by atomic mass is 10.2. The van der Waals surface area contributed by atoms with Gasteiger partial charge in [0.15, 0.2) is 4.32 Å². The van der Waals surface area contributed by atoms with Crippen molar-refractivity contribution in [1.82, 2.24) is 10.4 Å². The molecule has 0 bridgehead atoms. The van der Waals surface area contributed by atoms with Crippen molar-refractivity contribution in [2.24, 2.45) is 0 Å². The Kier molecular flexibility index (Phi) is 6.53. The second-order valence-electron chi connectivity index (χ2n) is 6.20. The first-order valence-electron chi connectivity index (χ1n) is 8.45. The van der Waals surface area contributed by atoms with Crippen molar-refractivity contribution in [2.75, 3.05) is 0 Å². The van der Waals surface area contributed by atoms with E-state index in [1.807, 2.05) is 38.1 Å². The van der Waals surface area contributed by atoms with Gasteiger partial charge in [-0.05, 0) is 74.1 Å². The van der Waals surface area contributed by atoms with Crippen molar-refractivity contribution in [3.63, 3.8) is 0 Å². The molecule has 144 valence electrons. The Labute approximate surface area is 181 Å². The monoisotopic (exact) mass is 476 g/mol. The average Bonchev–Trinajstić information content (AvgIpc) is 2.89. The molecule has 1 aliphatic rings. The maximum absolute atomic E-state index is 12.7. The first kappa shape index (κ1) is 20.6. The van der Waals surface area contributed by atoms with E-state index in [9.17, 15) is 9.59 Å². The number of hydrazine groups is 1. The number of nitrogens with zero attached hydrogens (tertiary/aromatic N) is 1. The van der Waals surface area contributed by atoms with Crippen LogP contribution < -0.4 is 10.2 Å². The minimum Gasteiger partial charge on any atom is -0.491 e. The molecule has 0 aliphatic carbocycles. The predicted molar refractivity (Wildman–Crippen MR) is 119 cm³/mol. The molecule has 0 spiro atoms. The molecule has 8 heteroatoms. The fourth-order valence-electron chi connectivity index (χ4n) is 2.43. The molecule has 0 atom stereocenters. The fraction of sp³-hybridized carbons (Fsp3) is 0.150. The van der Waals surface area contributed by atoms with Gasteiger partial charge < -0.3 is 4.74 Å². The van der Waals surface area contributed by atoms with Gasteiger partial charge >= 0.3 is 0 Å². The van der Waals surface area contributed by atoms with Gasteiger partial charge in [0, 0.05) is 10.0 Å². The zero-order valence-electron chi connectivity index (χ0n) is 15.1. The Morgan fingerprint density at radius 1 is 1.25 bits per heavy atom. The summed E-state index contributed by atoms with van der Waals surface area (Å²) in [5, 5.41) is 1.10. The van der Waals surface area contributed by atoms with Crippen LogP contribution in [0.2, 0.25) is 0 Å². The van der Waals surface area contributed by atoms with Gasteiger partial charge in [0.2, 0.25) is 0 Å². The molecular weight excluding hydrogens is 460 g/mol. The number of carbonyl (C=O) groups is 2. The summed E-state index contributed by atoms with van der Waals surface area (Å²) in [6, 6.07) is 14.3. The summed E-state index contributed by atoms with van der Waals surface area (Å²) in [4.78, 5) is 25.5. The molecule has 0 saturated carbocycles. The minimum atomic E-state index is -0.405. The Balaban J connectivity index is 1.75. The van der Waals surface area contributed by atoms with E-state index < -0.39 is 5.91 Å². The Hall–Kier alpha value is -2.16. The SMILES string of the molecule is CC(C)Oc1cccc(/C=C2/SC(=S)N(NC(=O)c3ccc(Br)cc3)C2=O)c1. The number of ether oxygens (including phenoxy) is 1. The first-order valence-corrected chi connectivity index (χ1v) is 10.5. The van der Waals surface area contributed by atoms with E-state index in [0.717, 1.165) is 32.6 Å². The maximum atomic E-state index is 12.7. The predicted octanol–water partition coefficient (Wildman–Crippen LogP) is 4.78. The highest BCUT2D eigenvalue weighted by Gasteiger charge is 2.33. The molecule has 1 aliphatic heterocycles. The summed E-state index contributed by atoms with van der Waals surface area (Å²) in [7, 11) is 0. The number of amides is 2. The molecule has 1 saturated heterocycles. The zero-order valence-corrected chi connectivity index (χ0v) is 18.4. The van der Waals surface area contributed by atoms with E-state index in [1.165, 1.54) is 0 Å². The number of hydrogen-bond acceptors (Lipinski definition) is 5. The summed E-state index contributed by atoms with van der Waals surface area (Å²) in [5.74, 6) is -0.0456. The molecule has 28 heavy (non-hydrogen) atoms. The maximum Gasteiger partial charge on any atom is 0.285 e. The summed E-state index contributed by atoms with van der Waals surface area (Å²) in [6.45, 7) is 3.90. The van der Waals surface area contributed by atoms with Crippen molar-refractivity contribution in [1.29, 1.82) is 0 Å². The highest BCUT2D eigenvalue weighted by molar-refractivity contribution is 9.10. The molecule has 3 rings (SSSR count). The third kappa shape index (κ3) is 5.01. The third-order valence-electron chi connectivity index (χ3n) is 3.64. The topological polar surface area (TPSA) is 58.6 Å². The number of thioether (sulfide) groups is 1. The van der Waals surface area contributed by atoms with Crippen LogP contribution in [0.4, 0.5) is 0 Å². The molecule has 1 fully saturated rings. The lowest BCUT2D eigenvalue weighted by Gasteiger charge is -2.15. The van der Waals surface area contributed by atoms with Crippen LogP contribution in [0.3, 0.4) is 0 Å². The lowest BCUT2D eigenvalue weighted by Crippen LogP contribution is -2.44. The summed E-state index contributed by atoms with van der Waals surface area (Å²) < 4.78 is 6.82. The highest BCUT2D eigenvalue weighted by Crippen LogP contribution is 2.32. The van der Waals surface area contributed by atoms with Crippen LogP contribution in [-0.2, 0) is 4.79 Å². The molecule has 0 radical (unpaired) electrons. The van der Waals surface area contributed by atoms with Gasteiger partial charge in [-0.25, -0.2) is 0 Å². The molecule has 1 N–H and O–H groups in total. The van der Waals surface area contributed by atoms with Crippen LogP contribution in [0.25, 0.3) is 6.08 Å². The molecule has 5 nitrogen and oxygen atoms in total. The van der Waals surface area contributed by atoms with Crippen LogP contribution in [0.15, 0.2) is 57.9 Å². The van der Waals surface area contributed by atoms with Gasteiger partial charge in [0.1, 0.15) is 5.75 Å². The van der Waals surface area contributed by atoms with Crippen molar-refractivity contribution in [3.8, 4) is 5.75 Å². The Bertz CT molecular complexity index is 958. The lowest BCUT2D eigenvalue weighted by molar-refractivity contribution is -0.123. The Morgan fingerprint density at radius 2 is 1.96 bits per heavy atom. The van der Waals surface area contributed by atoms with E-state index in [2.05, 4.69) is 21.4 Å². The summed E-state index contributed by atoms with van der Waals surface area (Å²) in [6.07, 6.45) is 1.79. The van der Waals surface area contributed by atoms with Crippen molar-refractivity contribution in [2.45, 2.75) is 20.0 Å². The number of carbonyl (C=O) groups excluding carboxylic acids is 2. The second kappa shape index (κ2) is 8.89. The molecule has 1 heterocycles. The average molecular weight is 477 g/mol. The number of thiocarbonyl (C=S) groups is 1. The van der Waals surface area contributed by atoms with Gasteiger partial charge in [-0.2, -0.15) is 5.01 Å². The normalized spacial score (nSPS) is 15.4. The minimum absolute atomic E-state index is 0.0577. The van der Waals surface area contributed by atoms with E-state index in [-0.39, 0.29) is 16.3 Å². The molecule has 2 amide bonds. The van der Waals surface area contributed by atoms with Crippen LogP contribution in [-0.4, -0.2) is 27.2 Å². The molecule has 0 aromatic heterocycles. The van der Waals surface area contributed by atoms with Gasteiger partial charge in [0.25, 0.3) is 11.8 Å². The second-order valence-corrected chi connectivity index (χ2v) is 8.80.